The second-order valence-corrected chi connectivity index (χ2v) is 8.80. The highest BCUT2D eigenvalue weighted by molar-refractivity contribution is 5.98. The highest BCUT2D eigenvalue weighted by Gasteiger charge is 2.25. The van der Waals surface area contributed by atoms with Crippen molar-refractivity contribution >= 4 is 35.6 Å². The summed E-state index contributed by atoms with van der Waals surface area (Å²) in [6.07, 6.45) is 2.82. The van der Waals surface area contributed by atoms with E-state index < -0.39 is 11.7 Å². The van der Waals surface area contributed by atoms with Crippen molar-refractivity contribution in [3.8, 4) is 0 Å². The van der Waals surface area contributed by atoms with Gasteiger partial charge < -0.3 is 16.0 Å². The van der Waals surface area contributed by atoms with E-state index in [1.165, 1.54) is 6.07 Å². The summed E-state index contributed by atoms with van der Waals surface area (Å²) in [4.78, 5) is 27.5. The van der Waals surface area contributed by atoms with Crippen LogP contribution in [0.5, 0.6) is 0 Å². The van der Waals surface area contributed by atoms with Crippen LogP contribution in [0.15, 0.2) is 66.7 Å². The van der Waals surface area contributed by atoms with Gasteiger partial charge in [-0.2, -0.15) is 0 Å². The monoisotopic (exact) mass is 495 g/mol. The van der Waals surface area contributed by atoms with Gasteiger partial charge in [0.2, 0.25) is 11.8 Å². The minimum atomic E-state index is -0.710. The van der Waals surface area contributed by atoms with Crippen LogP contribution in [-0.4, -0.2) is 18.4 Å². The van der Waals surface area contributed by atoms with Crippen LogP contribution in [0.1, 0.15) is 47.4 Å². The van der Waals surface area contributed by atoms with Gasteiger partial charge in [-0.3, -0.25) is 9.59 Å². The average Bonchev–Trinajstić information content (AvgIpc) is 2.84. The fourth-order valence-corrected chi connectivity index (χ4v) is 4.55. The number of hydrogen-bond acceptors (Lipinski definition) is 3. The summed E-state index contributed by atoms with van der Waals surface area (Å²) >= 11 is 0. The molecule has 0 saturated carbocycles. The molecule has 0 spiro atoms. The van der Waals surface area contributed by atoms with Crippen LogP contribution < -0.4 is 16.0 Å². The quantitative estimate of drug-likeness (QED) is 0.454. The summed E-state index contributed by atoms with van der Waals surface area (Å²) in [6, 6.07) is 19.6. The maximum absolute atomic E-state index is 14.7. The van der Waals surface area contributed by atoms with E-state index in [0.717, 1.165) is 35.2 Å². The van der Waals surface area contributed by atoms with Crippen LogP contribution in [0.2, 0.25) is 0 Å². The zero-order chi connectivity index (χ0) is 24.1. The van der Waals surface area contributed by atoms with E-state index in [9.17, 15) is 14.0 Å². The van der Waals surface area contributed by atoms with Gasteiger partial charge in [-0.05, 0) is 67.1 Å². The largest absolute Gasteiger partial charge is 0.326 e. The van der Waals surface area contributed by atoms with Gasteiger partial charge in [-0.1, -0.05) is 42.5 Å². The van der Waals surface area contributed by atoms with E-state index >= 15 is 0 Å². The third-order valence-corrected chi connectivity index (χ3v) is 6.34. The lowest BCUT2D eigenvalue weighted by molar-refractivity contribution is -0.119. The van der Waals surface area contributed by atoms with E-state index in [4.69, 9.17) is 5.73 Å². The molecule has 1 fully saturated rings. The topological polar surface area (TPSA) is 75.4 Å². The molecule has 7 heteroatoms. The Hall–Kier alpha value is -3.22. The molecule has 5 nitrogen and oxygen atoms in total. The Balaban J connectivity index is 0.00000342. The SMILES string of the molecule is Cc1cc(NC(=O)C(Cc2cccc(CN)c2)c2ccccc2F)ccc1N1CCCCC1=O.Cl. The molecule has 1 aliphatic rings. The number of nitrogens with zero attached hydrogens (tertiary/aromatic N) is 1. The Bertz CT molecular complexity index is 1200. The van der Waals surface area contributed by atoms with Crippen molar-refractivity contribution in [2.45, 2.75) is 45.1 Å². The fourth-order valence-electron chi connectivity index (χ4n) is 4.55. The van der Waals surface area contributed by atoms with E-state index in [1.807, 2.05) is 48.2 Å². The van der Waals surface area contributed by atoms with Crippen molar-refractivity contribution in [3.63, 3.8) is 0 Å². The molecule has 35 heavy (non-hydrogen) atoms. The van der Waals surface area contributed by atoms with Crippen LogP contribution in [0.4, 0.5) is 15.8 Å². The molecule has 1 saturated heterocycles. The molecule has 3 aromatic carbocycles. The van der Waals surface area contributed by atoms with E-state index in [-0.39, 0.29) is 24.2 Å². The van der Waals surface area contributed by atoms with Gasteiger partial charge in [0.1, 0.15) is 5.82 Å². The number of piperidine rings is 1. The van der Waals surface area contributed by atoms with Gasteiger partial charge >= 0.3 is 0 Å². The van der Waals surface area contributed by atoms with Crippen LogP contribution in [0, 0.1) is 12.7 Å². The third kappa shape index (κ3) is 6.27. The number of aryl methyl sites for hydroxylation is 1. The molecule has 0 radical (unpaired) electrons. The molecule has 4 rings (SSSR count). The van der Waals surface area contributed by atoms with Gasteiger partial charge in [0.05, 0.1) is 5.92 Å². The lowest BCUT2D eigenvalue weighted by atomic mass is 9.90. The molecule has 1 atom stereocenters. The van der Waals surface area contributed by atoms with Crippen molar-refractivity contribution in [1.82, 2.24) is 0 Å². The van der Waals surface area contributed by atoms with E-state index in [1.54, 1.807) is 24.3 Å². The molecule has 1 aliphatic heterocycles. The Morgan fingerprint density at radius 2 is 1.83 bits per heavy atom. The van der Waals surface area contributed by atoms with Crippen molar-refractivity contribution in [1.29, 1.82) is 0 Å². The number of anilines is 2. The first-order valence-corrected chi connectivity index (χ1v) is 11.7. The summed E-state index contributed by atoms with van der Waals surface area (Å²) < 4.78 is 14.7. The summed E-state index contributed by atoms with van der Waals surface area (Å²) in [6.45, 7) is 3.04. The Morgan fingerprint density at radius 3 is 2.54 bits per heavy atom. The van der Waals surface area contributed by atoms with Gasteiger partial charge in [-0.25, -0.2) is 4.39 Å². The first-order valence-electron chi connectivity index (χ1n) is 11.7. The van der Waals surface area contributed by atoms with Crippen LogP contribution >= 0.6 is 12.4 Å². The summed E-state index contributed by atoms with van der Waals surface area (Å²) in [5.41, 5.74) is 10.4. The Morgan fingerprint density at radius 1 is 1.06 bits per heavy atom. The number of amides is 2. The number of nitrogens with two attached hydrogens (primary N) is 1. The molecule has 0 bridgehead atoms. The summed E-state index contributed by atoms with van der Waals surface area (Å²) in [5.74, 6) is -1.28. The fraction of sp³-hybridized carbons (Fsp3) is 0.286. The third-order valence-electron chi connectivity index (χ3n) is 6.34. The average molecular weight is 496 g/mol. The standard InChI is InChI=1S/C28H30FN3O2.ClH/c1-19-15-22(12-13-26(19)32-14-5-4-11-27(32)33)31-28(34)24(23-9-2-3-10-25(23)29)17-20-7-6-8-21(16-20)18-30;/h2-3,6-10,12-13,15-16,24H,4-5,11,14,17-18,30H2,1H3,(H,31,34);1H. The van der Waals surface area contributed by atoms with Crippen LogP contribution in [0.25, 0.3) is 0 Å². The van der Waals surface area contributed by atoms with Gasteiger partial charge in [-0.15, -0.1) is 12.4 Å². The number of halogens is 2. The highest BCUT2D eigenvalue weighted by atomic mass is 35.5. The zero-order valence-corrected chi connectivity index (χ0v) is 20.6. The molecule has 2 amide bonds. The molecule has 3 aromatic rings. The molecule has 0 aliphatic carbocycles. The van der Waals surface area contributed by atoms with Crippen molar-refractivity contribution in [2.75, 3.05) is 16.8 Å². The predicted octanol–water partition coefficient (Wildman–Crippen LogP) is 5.50. The van der Waals surface area contributed by atoms with E-state index in [0.29, 0.717) is 37.2 Å². The molecule has 1 unspecified atom stereocenters. The first kappa shape index (κ1) is 26.4. The zero-order valence-electron chi connectivity index (χ0n) is 19.8. The highest BCUT2D eigenvalue weighted by Crippen LogP contribution is 2.29. The number of rotatable bonds is 7. The van der Waals surface area contributed by atoms with E-state index in [2.05, 4.69) is 5.32 Å². The minimum absolute atomic E-state index is 0. The summed E-state index contributed by atoms with van der Waals surface area (Å²) in [5, 5.41) is 2.97. The van der Waals surface area contributed by atoms with Crippen molar-refractivity contribution in [2.24, 2.45) is 5.73 Å². The normalized spacial score (nSPS) is 14.3. The number of benzene rings is 3. The molecular formula is C28H31ClFN3O2. The number of carbonyl (C=O) groups is 2. The molecule has 1 heterocycles. The molecule has 0 aromatic heterocycles. The summed E-state index contributed by atoms with van der Waals surface area (Å²) in [7, 11) is 0. The van der Waals surface area contributed by atoms with Gasteiger partial charge in [0.25, 0.3) is 0 Å². The van der Waals surface area contributed by atoms with Crippen LogP contribution in [0.3, 0.4) is 0 Å². The van der Waals surface area contributed by atoms with Gasteiger partial charge in [0.15, 0.2) is 0 Å². The lowest BCUT2D eigenvalue weighted by Gasteiger charge is -2.28. The number of carbonyl (C=O) groups excluding carboxylic acids is 2. The van der Waals surface area contributed by atoms with Crippen LogP contribution in [-0.2, 0) is 22.6 Å². The Kier molecular flexibility index (Phi) is 9.01. The lowest BCUT2D eigenvalue weighted by Crippen LogP contribution is -2.35. The first-order chi connectivity index (χ1) is 16.5. The van der Waals surface area contributed by atoms with Gasteiger partial charge in [0, 0.05) is 36.4 Å². The maximum atomic E-state index is 14.7. The number of nitrogens with one attached hydrogen (secondary N) is 1. The number of hydrogen-bond donors (Lipinski definition) is 2. The second kappa shape index (κ2) is 12.0. The van der Waals surface area contributed by atoms with Crippen molar-refractivity contribution in [3.05, 3.63) is 94.8 Å². The molecule has 184 valence electrons. The molecule has 3 N–H and O–H groups in total. The predicted molar refractivity (Wildman–Crippen MR) is 140 cm³/mol. The maximum Gasteiger partial charge on any atom is 0.232 e. The second-order valence-electron chi connectivity index (χ2n) is 8.80. The minimum Gasteiger partial charge on any atom is -0.326 e. The smallest absolute Gasteiger partial charge is 0.232 e. The van der Waals surface area contributed by atoms with Crippen molar-refractivity contribution < 1.29 is 14.0 Å². The molecular weight excluding hydrogens is 465 g/mol. The Labute approximate surface area is 211 Å².